The van der Waals surface area contributed by atoms with E-state index >= 15 is 0 Å². The SMILES string of the molecule is CCCS(=O)(=O)N(CC(N)=O)c1ccc(C(F)(F)F)cc1. The molecule has 0 spiro atoms. The van der Waals surface area contributed by atoms with Gasteiger partial charge >= 0.3 is 6.18 Å². The smallest absolute Gasteiger partial charge is 0.368 e. The highest BCUT2D eigenvalue weighted by Gasteiger charge is 2.31. The summed E-state index contributed by atoms with van der Waals surface area (Å²) in [6.07, 6.45) is -4.21. The number of sulfonamides is 1. The molecular formula is C12H15F3N2O3S. The lowest BCUT2D eigenvalue weighted by atomic mass is 10.2. The van der Waals surface area contributed by atoms with Gasteiger partial charge in [0.2, 0.25) is 15.9 Å². The molecule has 2 N–H and O–H groups in total. The molecule has 21 heavy (non-hydrogen) atoms. The standard InChI is InChI=1S/C12H15F3N2O3S/c1-2-7-21(19,20)17(8-11(16)18)10-5-3-9(4-6-10)12(13,14)15/h3-6H,2,7-8H2,1H3,(H2,16,18). The average molecular weight is 324 g/mol. The summed E-state index contributed by atoms with van der Waals surface area (Å²) in [5, 5.41) is 0. The fraction of sp³-hybridized carbons (Fsp3) is 0.417. The van der Waals surface area contributed by atoms with Crippen LogP contribution in [-0.4, -0.2) is 26.6 Å². The number of carbonyl (C=O) groups excluding carboxylic acids is 1. The first kappa shape index (κ1) is 17.3. The van der Waals surface area contributed by atoms with Crippen molar-refractivity contribution in [3.8, 4) is 0 Å². The first-order chi connectivity index (χ1) is 9.58. The summed E-state index contributed by atoms with van der Waals surface area (Å²) < 4.78 is 62.2. The van der Waals surface area contributed by atoms with E-state index in [9.17, 15) is 26.4 Å². The summed E-state index contributed by atoms with van der Waals surface area (Å²) in [5.41, 5.74) is 4.06. The number of hydrogen-bond acceptors (Lipinski definition) is 3. The number of anilines is 1. The van der Waals surface area contributed by atoms with E-state index in [1.54, 1.807) is 6.92 Å². The van der Waals surface area contributed by atoms with Crippen LogP contribution in [0.5, 0.6) is 0 Å². The molecule has 1 aromatic carbocycles. The molecule has 0 aromatic heterocycles. The Kier molecular flexibility index (Phi) is 5.21. The summed E-state index contributed by atoms with van der Waals surface area (Å²) in [6.45, 7) is 1.01. The Hall–Kier alpha value is -1.77. The van der Waals surface area contributed by atoms with Crippen LogP contribution >= 0.6 is 0 Å². The van der Waals surface area contributed by atoms with E-state index in [0.717, 1.165) is 28.6 Å². The van der Waals surface area contributed by atoms with Crippen LogP contribution in [0.1, 0.15) is 18.9 Å². The Labute approximate surface area is 120 Å². The molecule has 1 amide bonds. The van der Waals surface area contributed by atoms with Crippen molar-refractivity contribution in [2.45, 2.75) is 19.5 Å². The molecule has 0 saturated carbocycles. The molecule has 0 aliphatic rings. The molecule has 1 aromatic rings. The number of halogens is 3. The van der Waals surface area contributed by atoms with Crippen molar-refractivity contribution in [1.82, 2.24) is 0 Å². The van der Waals surface area contributed by atoms with Gasteiger partial charge in [-0.25, -0.2) is 8.42 Å². The van der Waals surface area contributed by atoms with Crippen LogP contribution in [0.3, 0.4) is 0 Å². The van der Waals surface area contributed by atoms with E-state index in [4.69, 9.17) is 5.73 Å². The van der Waals surface area contributed by atoms with Crippen molar-refractivity contribution in [3.63, 3.8) is 0 Å². The van der Waals surface area contributed by atoms with Gasteiger partial charge in [-0.05, 0) is 30.7 Å². The van der Waals surface area contributed by atoms with Crippen molar-refractivity contribution in [1.29, 1.82) is 0 Å². The van der Waals surface area contributed by atoms with Gasteiger partial charge in [0.1, 0.15) is 6.54 Å². The largest absolute Gasteiger partial charge is 0.416 e. The zero-order chi connectivity index (χ0) is 16.3. The molecule has 0 aliphatic heterocycles. The first-order valence-corrected chi connectivity index (χ1v) is 7.65. The lowest BCUT2D eigenvalue weighted by molar-refractivity contribution is -0.137. The maximum atomic E-state index is 12.5. The second-order valence-corrected chi connectivity index (χ2v) is 6.35. The highest BCUT2D eigenvalue weighted by atomic mass is 32.2. The van der Waals surface area contributed by atoms with E-state index in [1.165, 1.54) is 0 Å². The maximum Gasteiger partial charge on any atom is 0.416 e. The molecule has 0 radical (unpaired) electrons. The van der Waals surface area contributed by atoms with Gasteiger partial charge in [0.15, 0.2) is 0 Å². The molecular weight excluding hydrogens is 309 g/mol. The first-order valence-electron chi connectivity index (χ1n) is 6.04. The number of amides is 1. The normalized spacial score (nSPS) is 12.2. The highest BCUT2D eigenvalue weighted by Crippen LogP contribution is 2.31. The van der Waals surface area contributed by atoms with Crippen molar-refractivity contribution in [3.05, 3.63) is 29.8 Å². The van der Waals surface area contributed by atoms with Gasteiger partial charge < -0.3 is 5.73 Å². The molecule has 0 heterocycles. The quantitative estimate of drug-likeness (QED) is 0.865. The Bertz CT molecular complexity index is 597. The topological polar surface area (TPSA) is 80.5 Å². The number of carbonyl (C=O) groups is 1. The van der Waals surface area contributed by atoms with Crippen LogP contribution in [0.2, 0.25) is 0 Å². The van der Waals surface area contributed by atoms with Crippen LogP contribution in [0.25, 0.3) is 0 Å². The molecule has 0 unspecified atom stereocenters. The van der Waals surface area contributed by atoms with E-state index in [1.807, 2.05) is 0 Å². The van der Waals surface area contributed by atoms with Crippen molar-refractivity contribution >= 4 is 21.6 Å². The predicted molar refractivity (Wildman–Crippen MR) is 72.1 cm³/mol. The van der Waals surface area contributed by atoms with Gasteiger partial charge in [-0.15, -0.1) is 0 Å². The van der Waals surface area contributed by atoms with Gasteiger partial charge in [0.25, 0.3) is 0 Å². The van der Waals surface area contributed by atoms with Gasteiger partial charge in [-0.1, -0.05) is 6.92 Å². The van der Waals surface area contributed by atoms with Crippen LogP contribution in [-0.2, 0) is 21.0 Å². The second kappa shape index (κ2) is 6.33. The molecule has 118 valence electrons. The van der Waals surface area contributed by atoms with Crippen molar-refractivity contribution in [2.24, 2.45) is 5.73 Å². The summed E-state index contributed by atoms with van der Waals surface area (Å²) in [6, 6.07) is 3.51. The third-order valence-electron chi connectivity index (χ3n) is 2.58. The minimum absolute atomic E-state index is 0.0322. The molecule has 0 atom stereocenters. The molecule has 0 saturated heterocycles. The Morgan fingerprint density at radius 2 is 1.76 bits per heavy atom. The van der Waals surface area contributed by atoms with E-state index in [0.29, 0.717) is 6.42 Å². The average Bonchev–Trinajstić information content (AvgIpc) is 2.34. The number of rotatable bonds is 6. The van der Waals surface area contributed by atoms with Crippen LogP contribution < -0.4 is 10.0 Å². The predicted octanol–water partition coefficient (Wildman–Crippen LogP) is 1.74. The molecule has 1 rings (SSSR count). The fourth-order valence-electron chi connectivity index (χ4n) is 1.68. The van der Waals surface area contributed by atoms with Gasteiger partial charge in [0.05, 0.1) is 17.0 Å². The fourth-order valence-corrected chi connectivity index (χ4v) is 3.18. The second-order valence-electron chi connectivity index (χ2n) is 4.33. The summed E-state index contributed by atoms with van der Waals surface area (Å²) in [4.78, 5) is 11.0. The van der Waals surface area contributed by atoms with Crippen LogP contribution in [0.4, 0.5) is 18.9 Å². The molecule has 9 heteroatoms. The summed E-state index contributed by atoms with van der Waals surface area (Å²) >= 11 is 0. The summed E-state index contributed by atoms with van der Waals surface area (Å²) in [7, 11) is -3.82. The number of alkyl halides is 3. The third-order valence-corrected chi connectivity index (χ3v) is 4.52. The Balaban J connectivity index is 3.19. The lowest BCUT2D eigenvalue weighted by Gasteiger charge is -2.23. The zero-order valence-electron chi connectivity index (χ0n) is 11.2. The minimum Gasteiger partial charge on any atom is -0.368 e. The van der Waals surface area contributed by atoms with Gasteiger partial charge in [0, 0.05) is 0 Å². The van der Waals surface area contributed by atoms with E-state index in [2.05, 4.69) is 0 Å². The van der Waals surface area contributed by atoms with Crippen LogP contribution in [0.15, 0.2) is 24.3 Å². The Morgan fingerprint density at radius 1 is 1.24 bits per heavy atom. The summed E-state index contributed by atoms with van der Waals surface area (Å²) in [5.74, 6) is -1.13. The van der Waals surface area contributed by atoms with E-state index < -0.39 is 34.2 Å². The third kappa shape index (κ3) is 4.62. The van der Waals surface area contributed by atoms with Gasteiger partial charge in [-0.2, -0.15) is 13.2 Å². The lowest BCUT2D eigenvalue weighted by Crippen LogP contribution is -2.39. The molecule has 0 fully saturated rings. The zero-order valence-corrected chi connectivity index (χ0v) is 12.0. The number of primary amides is 1. The van der Waals surface area contributed by atoms with Crippen molar-refractivity contribution < 1.29 is 26.4 Å². The molecule has 0 aliphatic carbocycles. The highest BCUT2D eigenvalue weighted by molar-refractivity contribution is 7.92. The van der Waals surface area contributed by atoms with E-state index in [-0.39, 0.29) is 11.4 Å². The molecule has 5 nitrogen and oxygen atoms in total. The number of hydrogen-bond donors (Lipinski definition) is 1. The van der Waals surface area contributed by atoms with Gasteiger partial charge in [-0.3, -0.25) is 9.10 Å². The number of nitrogens with two attached hydrogens (primary N) is 1. The monoisotopic (exact) mass is 324 g/mol. The van der Waals surface area contributed by atoms with Crippen LogP contribution in [0, 0.1) is 0 Å². The molecule has 0 bridgehead atoms. The Morgan fingerprint density at radius 3 is 2.14 bits per heavy atom. The number of benzene rings is 1. The number of nitrogens with zero attached hydrogens (tertiary/aromatic N) is 1. The minimum atomic E-state index is -4.52. The van der Waals surface area contributed by atoms with Crippen molar-refractivity contribution in [2.75, 3.05) is 16.6 Å². The maximum absolute atomic E-state index is 12.5.